The summed E-state index contributed by atoms with van der Waals surface area (Å²) < 4.78 is 0. The first-order valence-corrected chi connectivity index (χ1v) is 6.25. The van der Waals surface area contributed by atoms with Crippen molar-refractivity contribution in [3.8, 4) is 0 Å². The minimum absolute atomic E-state index is 0.0138. The second kappa shape index (κ2) is 9.97. The summed E-state index contributed by atoms with van der Waals surface area (Å²) in [6, 6.07) is -0.309. The summed E-state index contributed by atoms with van der Waals surface area (Å²) in [4.78, 5) is 11.4. The number of amides is 1. The molecule has 0 spiro atoms. The lowest BCUT2D eigenvalue weighted by Crippen LogP contribution is -2.40. The van der Waals surface area contributed by atoms with E-state index in [0.717, 1.165) is 32.2 Å². The number of carbonyl (C=O) groups excluding carboxylic acids is 1. The van der Waals surface area contributed by atoms with Crippen LogP contribution in [0.25, 0.3) is 0 Å². The number of rotatable bonds is 9. The van der Waals surface area contributed by atoms with Gasteiger partial charge in [-0.3, -0.25) is 4.79 Å². The van der Waals surface area contributed by atoms with E-state index in [-0.39, 0.29) is 11.9 Å². The Morgan fingerprint density at radius 1 is 1.13 bits per heavy atom. The van der Waals surface area contributed by atoms with E-state index in [9.17, 15) is 4.79 Å². The average molecular weight is 214 g/mol. The number of carbonyl (C=O) groups is 1. The highest BCUT2D eigenvalue weighted by Gasteiger charge is 2.11. The van der Waals surface area contributed by atoms with E-state index in [1.165, 1.54) is 19.3 Å². The molecule has 0 saturated heterocycles. The number of nitrogens with one attached hydrogen (secondary N) is 1. The van der Waals surface area contributed by atoms with Gasteiger partial charge in [-0.25, -0.2) is 0 Å². The molecule has 0 fully saturated rings. The Morgan fingerprint density at radius 3 is 2.40 bits per heavy atom. The van der Waals surface area contributed by atoms with Crippen LogP contribution in [0, 0.1) is 0 Å². The minimum atomic E-state index is -0.309. The number of nitrogens with two attached hydrogens (primary N) is 1. The molecular weight excluding hydrogens is 188 g/mol. The molecule has 0 aliphatic heterocycles. The topological polar surface area (TPSA) is 55.1 Å². The molecule has 0 heterocycles. The van der Waals surface area contributed by atoms with Gasteiger partial charge < -0.3 is 11.1 Å². The first-order chi connectivity index (χ1) is 7.22. The van der Waals surface area contributed by atoms with E-state index in [1.807, 2.05) is 0 Å². The fourth-order valence-electron chi connectivity index (χ4n) is 1.45. The molecule has 3 nitrogen and oxygen atoms in total. The zero-order chi connectivity index (χ0) is 11.5. The van der Waals surface area contributed by atoms with Gasteiger partial charge in [0.25, 0.3) is 0 Å². The molecule has 0 aliphatic rings. The van der Waals surface area contributed by atoms with Crippen LogP contribution in [0.2, 0.25) is 0 Å². The summed E-state index contributed by atoms with van der Waals surface area (Å²) in [6.45, 7) is 5.06. The second-order valence-electron chi connectivity index (χ2n) is 4.10. The molecule has 15 heavy (non-hydrogen) atoms. The Morgan fingerprint density at radius 2 is 1.80 bits per heavy atom. The van der Waals surface area contributed by atoms with Crippen LogP contribution in [0.1, 0.15) is 58.8 Å². The molecule has 1 atom stereocenters. The van der Waals surface area contributed by atoms with Crippen molar-refractivity contribution in [2.45, 2.75) is 64.8 Å². The van der Waals surface area contributed by atoms with Crippen LogP contribution in [0.3, 0.4) is 0 Å². The maximum Gasteiger partial charge on any atom is 0.236 e. The van der Waals surface area contributed by atoms with Gasteiger partial charge in [0, 0.05) is 6.54 Å². The molecule has 0 radical (unpaired) electrons. The number of unbranched alkanes of at least 4 members (excludes halogenated alkanes) is 4. The molecule has 0 aromatic heterocycles. The van der Waals surface area contributed by atoms with Crippen LogP contribution in [0.15, 0.2) is 0 Å². The Balaban J connectivity index is 3.38. The van der Waals surface area contributed by atoms with E-state index in [2.05, 4.69) is 19.2 Å². The van der Waals surface area contributed by atoms with E-state index < -0.39 is 0 Å². The number of hydrogen-bond acceptors (Lipinski definition) is 2. The summed E-state index contributed by atoms with van der Waals surface area (Å²) in [5.41, 5.74) is 5.73. The maximum absolute atomic E-state index is 11.4. The first kappa shape index (κ1) is 14.4. The lowest BCUT2D eigenvalue weighted by molar-refractivity contribution is -0.122. The van der Waals surface area contributed by atoms with Gasteiger partial charge in [0.1, 0.15) is 0 Å². The average Bonchev–Trinajstić information content (AvgIpc) is 2.25. The van der Waals surface area contributed by atoms with Gasteiger partial charge in [0.05, 0.1) is 6.04 Å². The second-order valence-corrected chi connectivity index (χ2v) is 4.10. The van der Waals surface area contributed by atoms with Crippen molar-refractivity contribution in [2.75, 3.05) is 6.54 Å². The monoisotopic (exact) mass is 214 g/mol. The molecule has 3 heteroatoms. The zero-order valence-electron chi connectivity index (χ0n) is 10.2. The molecule has 0 aliphatic carbocycles. The van der Waals surface area contributed by atoms with E-state index >= 15 is 0 Å². The third kappa shape index (κ3) is 8.43. The van der Waals surface area contributed by atoms with Crippen LogP contribution in [0.5, 0.6) is 0 Å². The molecule has 1 amide bonds. The summed E-state index contributed by atoms with van der Waals surface area (Å²) in [5, 5.41) is 2.89. The molecule has 0 saturated carbocycles. The molecule has 1 unspecified atom stereocenters. The van der Waals surface area contributed by atoms with Crippen LogP contribution in [-0.4, -0.2) is 18.5 Å². The smallest absolute Gasteiger partial charge is 0.236 e. The van der Waals surface area contributed by atoms with Crippen molar-refractivity contribution >= 4 is 5.91 Å². The van der Waals surface area contributed by atoms with Crippen molar-refractivity contribution in [3.63, 3.8) is 0 Å². The van der Waals surface area contributed by atoms with Crippen molar-refractivity contribution in [1.29, 1.82) is 0 Å². The minimum Gasteiger partial charge on any atom is -0.355 e. The van der Waals surface area contributed by atoms with Gasteiger partial charge >= 0.3 is 0 Å². The lowest BCUT2D eigenvalue weighted by atomic mass is 10.1. The van der Waals surface area contributed by atoms with E-state index in [0.29, 0.717) is 0 Å². The fraction of sp³-hybridized carbons (Fsp3) is 0.917. The van der Waals surface area contributed by atoms with Gasteiger partial charge in [-0.05, 0) is 12.8 Å². The highest BCUT2D eigenvalue weighted by atomic mass is 16.2. The first-order valence-electron chi connectivity index (χ1n) is 6.25. The zero-order valence-corrected chi connectivity index (χ0v) is 10.2. The molecule has 0 bridgehead atoms. The van der Waals surface area contributed by atoms with Crippen LogP contribution >= 0.6 is 0 Å². The maximum atomic E-state index is 11.4. The summed E-state index contributed by atoms with van der Waals surface area (Å²) in [6.07, 6.45) is 7.67. The largest absolute Gasteiger partial charge is 0.355 e. The quantitative estimate of drug-likeness (QED) is 0.578. The van der Waals surface area contributed by atoms with E-state index in [4.69, 9.17) is 5.73 Å². The fourth-order valence-corrected chi connectivity index (χ4v) is 1.45. The molecule has 0 rings (SSSR count). The van der Waals surface area contributed by atoms with Gasteiger partial charge in [-0.2, -0.15) is 0 Å². The highest BCUT2D eigenvalue weighted by Crippen LogP contribution is 1.99. The summed E-state index contributed by atoms with van der Waals surface area (Å²) in [5.74, 6) is 0.0138. The van der Waals surface area contributed by atoms with Crippen molar-refractivity contribution in [3.05, 3.63) is 0 Å². The van der Waals surface area contributed by atoms with Gasteiger partial charge in [0.15, 0.2) is 0 Å². The number of hydrogen-bond donors (Lipinski definition) is 2. The van der Waals surface area contributed by atoms with Crippen molar-refractivity contribution < 1.29 is 4.79 Å². The van der Waals surface area contributed by atoms with E-state index in [1.54, 1.807) is 0 Å². The third-order valence-electron chi connectivity index (χ3n) is 2.54. The Hall–Kier alpha value is -0.570. The Kier molecular flexibility index (Phi) is 9.59. The van der Waals surface area contributed by atoms with Crippen LogP contribution in [0.4, 0.5) is 0 Å². The van der Waals surface area contributed by atoms with Crippen LogP contribution in [-0.2, 0) is 4.79 Å². The molecular formula is C12H26N2O. The normalized spacial score (nSPS) is 12.5. The van der Waals surface area contributed by atoms with Gasteiger partial charge in [0.2, 0.25) is 5.91 Å². The SMILES string of the molecule is CCCCCCNC(=O)C(N)CCCC. The molecule has 0 aromatic carbocycles. The summed E-state index contributed by atoms with van der Waals surface area (Å²) in [7, 11) is 0. The third-order valence-corrected chi connectivity index (χ3v) is 2.54. The highest BCUT2D eigenvalue weighted by molar-refractivity contribution is 5.81. The Bertz CT molecular complexity index is 160. The standard InChI is InChI=1S/C12H26N2O/c1-3-5-7-8-10-14-12(15)11(13)9-6-4-2/h11H,3-10,13H2,1-2H3,(H,14,15). The van der Waals surface area contributed by atoms with Gasteiger partial charge in [-0.15, -0.1) is 0 Å². The molecule has 0 aromatic rings. The lowest BCUT2D eigenvalue weighted by Gasteiger charge is -2.11. The Labute approximate surface area is 93.8 Å². The van der Waals surface area contributed by atoms with Crippen LogP contribution < -0.4 is 11.1 Å². The predicted octanol–water partition coefficient (Wildman–Crippen LogP) is 2.20. The van der Waals surface area contributed by atoms with Crippen molar-refractivity contribution in [2.24, 2.45) is 5.73 Å². The van der Waals surface area contributed by atoms with Gasteiger partial charge in [-0.1, -0.05) is 46.0 Å². The predicted molar refractivity (Wildman–Crippen MR) is 64.7 cm³/mol. The van der Waals surface area contributed by atoms with Crippen molar-refractivity contribution in [1.82, 2.24) is 5.32 Å². The molecule has 90 valence electrons. The molecule has 3 N–H and O–H groups in total. The summed E-state index contributed by atoms with van der Waals surface area (Å²) >= 11 is 0.